The SMILES string of the molecule is CCC(=O)Cc1nc(C2CCC2)no1. The summed E-state index contributed by atoms with van der Waals surface area (Å²) in [4.78, 5) is 15.3. The third-order valence-corrected chi connectivity index (χ3v) is 2.70. The second-order valence-corrected chi connectivity index (χ2v) is 3.74. The average molecular weight is 194 g/mol. The van der Waals surface area contributed by atoms with E-state index in [2.05, 4.69) is 10.1 Å². The van der Waals surface area contributed by atoms with Crippen molar-refractivity contribution in [2.75, 3.05) is 0 Å². The van der Waals surface area contributed by atoms with Gasteiger partial charge < -0.3 is 4.52 Å². The highest BCUT2D eigenvalue weighted by Crippen LogP contribution is 2.34. The molecule has 1 aromatic heterocycles. The molecule has 1 aliphatic rings. The topological polar surface area (TPSA) is 56.0 Å². The van der Waals surface area contributed by atoms with E-state index in [4.69, 9.17) is 4.52 Å². The third kappa shape index (κ3) is 1.84. The number of carbonyl (C=O) groups excluding carboxylic acids is 1. The van der Waals surface area contributed by atoms with Crippen molar-refractivity contribution in [3.63, 3.8) is 0 Å². The standard InChI is InChI=1S/C10H14N2O2/c1-2-8(13)6-9-11-10(12-14-9)7-4-3-5-7/h7H,2-6H2,1H3. The number of nitrogens with zero attached hydrogens (tertiary/aromatic N) is 2. The van der Waals surface area contributed by atoms with Crippen molar-refractivity contribution in [3.05, 3.63) is 11.7 Å². The van der Waals surface area contributed by atoms with E-state index in [1.807, 2.05) is 6.92 Å². The molecule has 0 radical (unpaired) electrons. The average Bonchev–Trinajstić information content (AvgIpc) is 2.50. The fourth-order valence-electron chi connectivity index (χ4n) is 1.47. The zero-order valence-electron chi connectivity index (χ0n) is 8.32. The smallest absolute Gasteiger partial charge is 0.234 e. The predicted octanol–water partition coefficient (Wildman–Crippen LogP) is 1.86. The molecule has 1 saturated carbocycles. The van der Waals surface area contributed by atoms with Gasteiger partial charge in [-0.05, 0) is 12.8 Å². The Kier molecular flexibility index (Phi) is 2.61. The number of Topliss-reactive ketones (excluding diaryl/α,β-unsaturated/α-hetero) is 1. The third-order valence-electron chi connectivity index (χ3n) is 2.70. The lowest BCUT2D eigenvalue weighted by Crippen LogP contribution is -2.10. The van der Waals surface area contributed by atoms with Crippen LogP contribution in [0.5, 0.6) is 0 Å². The van der Waals surface area contributed by atoms with E-state index in [9.17, 15) is 4.79 Å². The van der Waals surface area contributed by atoms with Crippen molar-refractivity contribution in [3.8, 4) is 0 Å². The molecule has 0 saturated heterocycles. The Balaban J connectivity index is 1.98. The number of carbonyl (C=O) groups is 1. The van der Waals surface area contributed by atoms with Crippen LogP contribution in [0.25, 0.3) is 0 Å². The quantitative estimate of drug-likeness (QED) is 0.734. The van der Waals surface area contributed by atoms with E-state index in [-0.39, 0.29) is 12.2 Å². The summed E-state index contributed by atoms with van der Waals surface area (Å²) >= 11 is 0. The van der Waals surface area contributed by atoms with Crippen LogP contribution in [0.3, 0.4) is 0 Å². The lowest BCUT2D eigenvalue weighted by Gasteiger charge is -2.20. The number of hydrogen-bond donors (Lipinski definition) is 0. The maximum Gasteiger partial charge on any atom is 0.234 e. The molecular weight excluding hydrogens is 180 g/mol. The van der Waals surface area contributed by atoms with E-state index in [0.717, 1.165) is 18.7 Å². The summed E-state index contributed by atoms with van der Waals surface area (Å²) in [6, 6.07) is 0. The molecule has 1 fully saturated rings. The molecule has 2 rings (SSSR count). The van der Waals surface area contributed by atoms with Gasteiger partial charge in [0.25, 0.3) is 0 Å². The Hall–Kier alpha value is -1.19. The Morgan fingerprint density at radius 3 is 2.93 bits per heavy atom. The molecule has 0 bridgehead atoms. The zero-order chi connectivity index (χ0) is 9.97. The van der Waals surface area contributed by atoms with Crippen LogP contribution in [0, 0.1) is 0 Å². The van der Waals surface area contributed by atoms with Gasteiger partial charge in [-0.15, -0.1) is 0 Å². The fraction of sp³-hybridized carbons (Fsp3) is 0.700. The lowest BCUT2D eigenvalue weighted by molar-refractivity contribution is -0.118. The van der Waals surface area contributed by atoms with Crippen LogP contribution < -0.4 is 0 Å². The molecule has 1 aromatic rings. The van der Waals surface area contributed by atoms with Gasteiger partial charge in [0, 0.05) is 12.3 Å². The highest BCUT2D eigenvalue weighted by atomic mass is 16.5. The van der Waals surface area contributed by atoms with Crippen LogP contribution in [0.4, 0.5) is 0 Å². The predicted molar refractivity (Wildman–Crippen MR) is 49.9 cm³/mol. The van der Waals surface area contributed by atoms with Gasteiger partial charge in [0.2, 0.25) is 5.89 Å². The normalized spacial score (nSPS) is 16.6. The van der Waals surface area contributed by atoms with Gasteiger partial charge in [-0.25, -0.2) is 0 Å². The first-order chi connectivity index (χ1) is 6.79. The zero-order valence-corrected chi connectivity index (χ0v) is 8.32. The van der Waals surface area contributed by atoms with E-state index in [1.165, 1.54) is 6.42 Å². The number of ketones is 1. The first-order valence-corrected chi connectivity index (χ1v) is 5.13. The fourth-order valence-corrected chi connectivity index (χ4v) is 1.47. The van der Waals surface area contributed by atoms with E-state index in [1.54, 1.807) is 0 Å². The maximum atomic E-state index is 11.1. The van der Waals surface area contributed by atoms with E-state index in [0.29, 0.717) is 18.2 Å². The molecular formula is C10H14N2O2. The highest BCUT2D eigenvalue weighted by molar-refractivity contribution is 5.79. The second-order valence-electron chi connectivity index (χ2n) is 3.74. The van der Waals surface area contributed by atoms with Gasteiger partial charge in [0.15, 0.2) is 5.82 Å². The summed E-state index contributed by atoms with van der Waals surface area (Å²) in [5.74, 6) is 1.88. The molecule has 0 aromatic carbocycles. The number of rotatable bonds is 4. The van der Waals surface area contributed by atoms with Gasteiger partial charge in [0.1, 0.15) is 5.78 Å². The van der Waals surface area contributed by atoms with Crippen molar-refractivity contribution >= 4 is 5.78 Å². The maximum absolute atomic E-state index is 11.1. The lowest BCUT2D eigenvalue weighted by atomic mass is 9.85. The van der Waals surface area contributed by atoms with Crippen molar-refractivity contribution in [1.29, 1.82) is 0 Å². The van der Waals surface area contributed by atoms with Gasteiger partial charge in [-0.1, -0.05) is 18.5 Å². The summed E-state index contributed by atoms with van der Waals surface area (Å²) < 4.78 is 5.01. The second kappa shape index (κ2) is 3.90. The van der Waals surface area contributed by atoms with E-state index >= 15 is 0 Å². The molecule has 1 heterocycles. The highest BCUT2D eigenvalue weighted by Gasteiger charge is 2.24. The van der Waals surface area contributed by atoms with Crippen LogP contribution in [-0.4, -0.2) is 15.9 Å². The van der Waals surface area contributed by atoms with E-state index < -0.39 is 0 Å². The monoisotopic (exact) mass is 194 g/mol. The molecule has 4 nitrogen and oxygen atoms in total. The van der Waals surface area contributed by atoms with Crippen molar-refractivity contribution in [2.45, 2.75) is 44.9 Å². The van der Waals surface area contributed by atoms with Gasteiger partial charge in [-0.2, -0.15) is 4.98 Å². The molecule has 14 heavy (non-hydrogen) atoms. The number of hydrogen-bond acceptors (Lipinski definition) is 4. The molecule has 0 N–H and O–H groups in total. The van der Waals surface area contributed by atoms with Crippen LogP contribution >= 0.6 is 0 Å². The molecule has 0 amide bonds. The first-order valence-electron chi connectivity index (χ1n) is 5.13. The Morgan fingerprint density at radius 1 is 1.57 bits per heavy atom. The van der Waals surface area contributed by atoms with Gasteiger partial charge in [-0.3, -0.25) is 4.79 Å². The molecule has 0 atom stereocenters. The van der Waals surface area contributed by atoms with Crippen molar-refractivity contribution in [1.82, 2.24) is 10.1 Å². The Morgan fingerprint density at radius 2 is 2.36 bits per heavy atom. The van der Waals surface area contributed by atoms with Gasteiger partial charge in [0.05, 0.1) is 6.42 Å². The Bertz CT molecular complexity index is 329. The largest absolute Gasteiger partial charge is 0.339 e. The molecule has 4 heteroatoms. The van der Waals surface area contributed by atoms with Crippen LogP contribution in [0.1, 0.15) is 50.2 Å². The molecule has 0 spiro atoms. The van der Waals surface area contributed by atoms with Crippen LogP contribution in [0.2, 0.25) is 0 Å². The Labute approximate surface area is 82.7 Å². The van der Waals surface area contributed by atoms with Gasteiger partial charge >= 0.3 is 0 Å². The summed E-state index contributed by atoms with van der Waals surface area (Å²) in [6.07, 6.45) is 4.38. The molecule has 0 unspecified atom stereocenters. The summed E-state index contributed by atoms with van der Waals surface area (Å²) in [6.45, 7) is 1.84. The molecule has 76 valence electrons. The van der Waals surface area contributed by atoms with Crippen LogP contribution in [0.15, 0.2) is 4.52 Å². The molecule has 0 aliphatic heterocycles. The number of aromatic nitrogens is 2. The molecule has 1 aliphatic carbocycles. The summed E-state index contributed by atoms with van der Waals surface area (Å²) in [5.41, 5.74) is 0. The van der Waals surface area contributed by atoms with Crippen molar-refractivity contribution in [2.24, 2.45) is 0 Å². The van der Waals surface area contributed by atoms with Crippen molar-refractivity contribution < 1.29 is 9.32 Å². The minimum Gasteiger partial charge on any atom is -0.339 e. The first kappa shape index (κ1) is 9.37. The minimum atomic E-state index is 0.147. The van der Waals surface area contributed by atoms with Crippen LogP contribution in [-0.2, 0) is 11.2 Å². The summed E-state index contributed by atoms with van der Waals surface area (Å²) in [5, 5.41) is 3.89. The minimum absolute atomic E-state index is 0.147. The summed E-state index contributed by atoms with van der Waals surface area (Å²) in [7, 11) is 0.